The van der Waals surface area contributed by atoms with Crippen molar-refractivity contribution in [3.8, 4) is 17.2 Å². The van der Waals surface area contributed by atoms with Crippen molar-refractivity contribution in [2.24, 2.45) is 5.10 Å². The lowest BCUT2D eigenvalue weighted by molar-refractivity contribution is 0.0950. The quantitative estimate of drug-likeness (QED) is 0.594. The van der Waals surface area contributed by atoms with Gasteiger partial charge >= 0.3 is 0 Å². The van der Waals surface area contributed by atoms with Gasteiger partial charge in [0.05, 0.1) is 27.5 Å². The van der Waals surface area contributed by atoms with E-state index in [1.54, 1.807) is 31.5 Å². The highest BCUT2D eigenvalue weighted by Crippen LogP contribution is 2.38. The number of hydrazone groups is 1. The van der Waals surface area contributed by atoms with E-state index in [4.69, 9.17) is 14.2 Å². The number of nitrogens with one attached hydrogen (secondary N) is 2. The molecule has 0 saturated heterocycles. The molecule has 1 aromatic heterocycles. The van der Waals surface area contributed by atoms with Gasteiger partial charge in [0.15, 0.2) is 11.5 Å². The lowest BCUT2D eigenvalue weighted by Gasteiger charge is -2.13. The van der Waals surface area contributed by atoms with Crippen LogP contribution in [0.15, 0.2) is 34.0 Å². The second-order valence-electron chi connectivity index (χ2n) is 4.35. The van der Waals surface area contributed by atoms with E-state index in [2.05, 4.69) is 31.4 Å². The first-order valence-electron chi connectivity index (χ1n) is 6.57. The van der Waals surface area contributed by atoms with Crippen LogP contribution in [-0.2, 0) is 0 Å². The standard InChI is InChI=1S/C15H16BrN3O4/c1-21-12-5-4-9(13(22-2)14(12)23-3)7-18-19-15(20)11-6-10(16)8-17-11/h4-8,17H,1-3H3,(H,19,20)/b18-7-. The summed E-state index contributed by atoms with van der Waals surface area (Å²) in [7, 11) is 4.58. The van der Waals surface area contributed by atoms with Crippen LogP contribution in [0, 0.1) is 0 Å². The summed E-state index contributed by atoms with van der Waals surface area (Å²) in [5.74, 6) is 1.11. The highest BCUT2D eigenvalue weighted by atomic mass is 79.9. The molecule has 2 rings (SSSR count). The number of carbonyl (C=O) groups is 1. The van der Waals surface area contributed by atoms with Gasteiger partial charge in [-0.25, -0.2) is 5.43 Å². The maximum atomic E-state index is 11.9. The minimum Gasteiger partial charge on any atom is -0.493 e. The molecule has 0 aliphatic rings. The molecule has 2 N–H and O–H groups in total. The minimum absolute atomic E-state index is 0.355. The fourth-order valence-corrected chi connectivity index (χ4v) is 2.29. The molecule has 8 heteroatoms. The molecule has 1 aromatic carbocycles. The number of hydrogen-bond donors (Lipinski definition) is 2. The molecule has 0 atom stereocenters. The number of nitrogens with zero attached hydrogens (tertiary/aromatic N) is 1. The number of hydrogen-bond acceptors (Lipinski definition) is 5. The van der Waals surface area contributed by atoms with Gasteiger partial charge in [-0.15, -0.1) is 0 Å². The maximum absolute atomic E-state index is 11.9. The van der Waals surface area contributed by atoms with Gasteiger partial charge in [-0.2, -0.15) is 5.10 Å². The summed E-state index contributed by atoms with van der Waals surface area (Å²) in [5.41, 5.74) is 3.46. The number of carbonyl (C=O) groups excluding carboxylic acids is 1. The molecule has 0 unspecified atom stereocenters. The second-order valence-corrected chi connectivity index (χ2v) is 5.27. The van der Waals surface area contributed by atoms with Gasteiger partial charge in [-0.3, -0.25) is 4.79 Å². The summed E-state index contributed by atoms with van der Waals surface area (Å²) in [4.78, 5) is 14.7. The van der Waals surface area contributed by atoms with Crippen LogP contribution < -0.4 is 19.6 Å². The minimum atomic E-state index is -0.355. The van der Waals surface area contributed by atoms with Crippen LogP contribution in [0.3, 0.4) is 0 Å². The predicted molar refractivity (Wildman–Crippen MR) is 89.7 cm³/mol. The van der Waals surface area contributed by atoms with E-state index in [1.165, 1.54) is 20.4 Å². The smallest absolute Gasteiger partial charge is 0.287 e. The van der Waals surface area contributed by atoms with Gasteiger partial charge in [-0.1, -0.05) is 0 Å². The van der Waals surface area contributed by atoms with Gasteiger partial charge in [0.1, 0.15) is 5.69 Å². The molecule has 7 nitrogen and oxygen atoms in total. The Morgan fingerprint density at radius 3 is 2.52 bits per heavy atom. The zero-order valence-corrected chi connectivity index (χ0v) is 14.4. The summed E-state index contributed by atoms with van der Waals surface area (Å²) in [6, 6.07) is 5.13. The van der Waals surface area contributed by atoms with E-state index in [0.29, 0.717) is 28.5 Å². The summed E-state index contributed by atoms with van der Waals surface area (Å²) in [6.45, 7) is 0. The normalized spacial score (nSPS) is 10.6. The molecular formula is C15H16BrN3O4. The third-order valence-corrected chi connectivity index (χ3v) is 3.45. The van der Waals surface area contributed by atoms with Crippen LogP contribution in [0.2, 0.25) is 0 Å². The van der Waals surface area contributed by atoms with Crippen molar-refractivity contribution in [2.75, 3.05) is 21.3 Å². The number of methoxy groups -OCH3 is 3. The molecule has 2 aromatic rings. The summed E-state index contributed by atoms with van der Waals surface area (Å²) >= 11 is 3.26. The number of aromatic amines is 1. The van der Waals surface area contributed by atoms with Crippen molar-refractivity contribution in [3.05, 3.63) is 40.1 Å². The number of ether oxygens (including phenoxy) is 3. The molecule has 0 radical (unpaired) electrons. The Balaban J connectivity index is 2.17. The number of aromatic nitrogens is 1. The Hall–Kier alpha value is -2.48. The largest absolute Gasteiger partial charge is 0.493 e. The van der Waals surface area contributed by atoms with E-state index < -0.39 is 0 Å². The van der Waals surface area contributed by atoms with Crippen molar-refractivity contribution in [2.45, 2.75) is 0 Å². The van der Waals surface area contributed by atoms with E-state index in [0.717, 1.165) is 4.47 Å². The van der Waals surface area contributed by atoms with Crippen molar-refractivity contribution in [3.63, 3.8) is 0 Å². The number of benzene rings is 1. The molecule has 0 aliphatic heterocycles. The molecule has 23 heavy (non-hydrogen) atoms. The van der Waals surface area contributed by atoms with Crippen molar-refractivity contribution in [1.82, 2.24) is 10.4 Å². The Labute approximate surface area is 141 Å². The molecule has 122 valence electrons. The Bertz CT molecular complexity index is 728. The average Bonchev–Trinajstić information content (AvgIpc) is 3.00. The molecule has 0 aliphatic carbocycles. The van der Waals surface area contributed by atoms with E-state index in [9.17, 15) is 4.79 Å². The van der Waals surface area contributed by atoms with Crippen molar-refractivity contribution in [1.29, 1.82) is 0 Å². The van der Waals surface area contributed by atoms with Crippen LogP contribution in [0.25, 0.3) is 0 Å². The Morgan fingerprint density at radius 1 is 1.22 bits per heavy atom. The molecule has 0 bridgehead atoms. The molecule has 0 saturated carbocycles. The summed E-state index contributed by atoms with van der Waals surface area (Å²) in [5, 5.41) is 3.93. The van der Waals surface area contributed by atoms with Gasteiger partial charge in [-0.05, 0) is 34.1 Å². The first-order chi connectivity index (χ1) is 11.1. The highest BCUT2D eigenvalue weighted by Gasteiger charge is 2.14. The maximum Gasteiger partial charge on any atom is 0.287 e. The Morgan fingerprint density at radius 2 is 1.96 bits per heavy atom. The molecular weight excluding hydrogens is 366 g/mol. The van der Waals surface area contributed by atoms with Crippen LogP contribution >= 0.6 is 15.9 Å². The molecule has 0 spiro atoms. The van der Waals surface area contributed by atoms with Crippen LogP contribution in [0.1, 0.15) is 16.1 Å². The van der Waals surface area contributed by atoms with Gasteiger partial charge in [0.25, 0.3) is 5.91 Å². The number of halogens is 1. The van der Waals surface area contributed by atoms with Gasteiger partial charge in [0, 0.05) is 16.2 Å². The van der Waals surface area contributed by atoms with Crippen LogP contribution in [-0.4, -0.2) is 38.4 Å². The lowest BCUT2D eigenvalue weighted by atomic mass is 10.2. The predicted octanol–water partition coefficient (Wildman–Crippen LogP) is 2.57. The summed E-state index contributed by atoms with van der Waals surface area (Å²) in [6.07, 6.45) is 3.13. The van der Waals surface area contributed by atoms with Crippen LogP contribution in [0.5, 0.6) is 17.2 Å². The monoisotopic (exact) mass is 381 g/mol. The summed E-state index contributed by atoms with van der Waals surface area (Å²) < 4.78 is 16.6. The third kappa shape index (κ3) is 3.84. The Kier molecular flexibility index (Phi) is 5.64. The number of amides is 1. The SMILES string of the molecule is COc1ccc(/C=N\NC(=O)c2cc(Br)c[nH]2)c(OC)c1OC. The topological polar surface area (TPSA) is 84.9 Å². The average molecular weight is 382 g/mol. The third-order valence-electron chi connectivity index (χ3n) is 3.00. The molecule has 1 heterocycles. The number of rotatable bonds is 6. The molecule has 0 fully saturated rings. The second kappa shape index (κ2) is 7.68. The zero-order chi connectivity index (χ0) is 16.8. The van der Waals surface area contributed by atoms with E-state index in [-0.39, 0.29) is 5.91 Å². The first-order valence-corrected chi connectivity index (χ1v) is 7.36. The van der Waals surface area contributed by atoms with Gasteiger partial charge < -0.3 is 19.2 Å². The highest BCUT2D eigenvalue weighted by molar-refractivity contribution is 9.10. The van der Waals surface area contributed by atoms with Crippen LogP contribution in [0.4, 0.5) is 0 Å². The van der Waals surface area contributed by atoms with Crippen molar-refractivity contribution < 1.29 is 19.0 Å². The van der Waals surface area contributed by atoms with E-state index in [1.807, 2.05) is 0 Å². The fourth-order valence-electron chi connectivity index (χ4n) is 1.95. The van der Waals surface area contributed by atoms with Crippen molar-refractivity contribution >= 4 is 28.1 Å². The number of H-pyrrole nitrogens is 1. The fraction of sp³-hybridized carbons (Fsp3) is 0.200. The molecule has 1 amide bonds. The van der Waals surface area contributed by atoms with E-state index >= 15 is 0 Å². The van der Waals surface area contributed by atoms with Gasteiger partial charge in [0.2, 0.25) is 5.75 Å². The zero-order valence-electron chi connectivity index (χ0n) is 12.8. The lowest BCUT2D eigenvalue weighted by Crippen LogP contribution is -2.17. The first kappa shape index (κ1) is 16.9.